The number of aromatic nitrogens is 1. The van der Waals surface area contributed by atoms with E-state index >= 15 is 0 Å². The molecule has 0 aliphatic carbocycles. The number of hydrogen-bond donors (Lipinski definition) is 1. The van der Waals surface area contributed by atoms with E-state index in [4.69, 9.17) is 9.47 Å². The van der Waals surface area contributed by atoms with Gasteiger partial charge >= 0.3 is 0 Å². The number of benzene rings is 1. The summed E-state index contributed by atoms with van der Waals surface area (Å²) in [5, 5.41) is 14.0. The van der Waals surface area contributed by atoms with Crippen molar-refractivity contribution in [2.75, 3.05) is 19.0 Å². The van der Waals surface area contributed by atoms with Gasteiger partial charge in [0.05, 0.1) is 13.7 Å². The van der Waals surface area contributed by atoms with E-state index in [0.29, 0.717) is 28.8 Å². The number of ether oxygens (including phenoxy) is 2. The molecule has 0 bridgehead atoms. The molecule has 0 saturated carbocycles. The van der Waals surface area contributed by atoms with Crippen LogP contribution in [0.2, 0.25) is 0 Å². The van der Waals surface area contributed by atoms with Gasteiger partial charge in [0.2, 0.25) is 0 Å². The molecule has 0 saturated heterocycles. The minimum Gasteiger partial charge on any atom is -0.493 e. The number of thiazole rings is 1. The highest BCUT2D eigenvalue weighted by molar-refractivity contribution is 7.13. The minimum atomic E-state index is -0.503. The molecule has 23 heavy (non-hydrogen) atoms. The third-order valence-corrected chi connectivity index (χ3v) is 3.50. The van der Waals surface area contributed by atoms with Crippen LogP contribution in [0.5, 0.6) is 11.5 Å². The first-order chi connectivity index (χ1) is 11.2. The lowest BCUT2D eigenvalue weighted by Crippen LogP contribution is -2.13. The number of nitrogens with zero attached hydrogens (tertiary/aromatic N) is 2. The van der Waals surface area contributed by atoms with Crippen LogP contribution in [0.3, 0.4) is 0 Å². The maximum atomic E-state index is 12.1. The molecule has 0 atom stereocenters. The zero-order valence-electron chi connectivity index (χ0n) is 12.7. The van der Waals surface area contributed by atoms with E-state index in [-0.39, 0.29) is 5.57 Å². The summed E-state index contributed by atoms with van der Waals surface area (Å²) in [5.41, 5.74) is 0.646. The first-order valence-corrected chi connectivity index (χ1v) is 7.69. The molecule has 6 nitrogen and oxygen atoms in total. The van der Waals surface area contributed by atoms with Crippen LogP contribution in [0, 0.1) is 11.3 Å². The predicted octanol–water partition coefficient (Wildman–Crippen LogP) is 3.10. The molecule has 0 radical (unpaired) electrons. The van der Waals surface area contributed by atoms with Gasteiger partial charge in [0.15, 0.2) is 16.6 Å². The summed E-state index contributed by atoms with van der Waals surface area (Å²) in [6.45, 7) is 2.35. The summed E-state index contributed by atoms with van der Waals surface area (Å²) in [4.78, 5) is 16.0. The first-order valence-electron chi connectivity index (χ1n) is 6.81. The van der Waals surface area contributed by atoms with Crippen molar-refractivity contribution in [3.05, 3.63) is 40.9 Å². The molecule has 0 aliphatic rings. The molecule has 7 heteroatoms. The Morgan fingerprint density at radius 1 is 1.48 bits per heavy atom. The third-order valence-electron chi connectivity index (χ3n) is 2.82. The van der Waals surface area contributed by atoms with E-state index < -0.39 is 5.91 Å². The topological polar surface area (TPSA) is 84.2 Å². The molecule has 118 valence electrons. The van der Waals surface area contributed by atoms with Crippen LogP contribution in [0.25, 0.3) is 6.08 Å². The molecule has 1 N–H and O–H groups in total. The highest BCUT2D eigenvalue weighted by Gasteiger charge is 2.12. The molecule has 2 rings (SSSR count). The fraction of sp³-hybridized carbons (Fsp3) is 0.188. The number of rotatable bonds is 6. The second-order valence-electron chi connectivity index (χ2n) is 4.30. The molecule has 1 amide bonds. The highest BCUT2D eigenvalue weighted by Crippen LogP contribution is 2.29. The molecule has 1 aromatic heterocycles. The lowest BCUT2D eigenvalue weighted by Gasteiger charge is -2.09. The Kier molecular flexibility index (Phi) is 5.72. The standard InChI is InChI=1S/C16H15N3O3S/c1-3-22-14-9-11(4-5-13(14)21-2)8-12(10-17)15(20)19-16-18-6-7-23-16/h4-9H,3H2,1-2H3,(H,18,19,20)/b12-8-. The highest BCUT2D eigenvalue weighted by atomic mass is 32.1. The van der Waals surface area contributed by atoms with Crippen LogP contribution in [-0.4, -0.2) is 24.6 Å². The summed E-state index contributed by atoms with van der Waals surface area (Å²) >= 11 is 1.28. The normalized spacial score (nSPS) is 10.7. The van der Waals surface area contributed by atoms with Crippen molar-refractivity contribution in [2.24, 2.45) is 0 Å². The smallest absolute Gasteiger partial charge is 0.268 e. The Morgan fingerprint density at radius 2 is 2.30 bits per heavy atom. The molecular formula is C16H15N3O3S. The van der Waals surface area contributed by atoms with E-state index in [1.54, 1.807) is 36.9 Å². The molecule has 1 heterocycles. The average Bonchev–Trinajstić information content (AvgIpc) is 3.06. The largest absolute Gasteiger partial charge is 0.493 e. The summed E-state index contributed by atoms with van der Waals surface area (Å²) in [7, 11) is 1.55. The van der Waals surface area contributed by atoms with Gasteiger partial charge in [-0.15, -0.1) is 11.3 Å². The van der Waals surface area contributed by atoms with Crippen molar-refractivity contribution < 1.29 is 14.3 Å². The van der Waals surface area contributed by atoms with E-state index in [9.17, 15) is 10.1 Å². The van der Waals surface area contributed by atoms with Crippen LogP contribution in [0.1, 0.15) is 12.5 Å². The summed E-state index contributed by atoms with van der Waals surface area (Å²) in [6.07, 6.45) is 3.07. The average molecular weight is 329 g/mol. The van der Waals surface area contributed by atoms with E-state index in [2.05, 4.69) is 10.3 Å². The van der Waals surface area contributed by atoms with Crippen LogP contribution in [-0.2, 0) is 4.79 Å². The lowest BCUT2D eigenvalue weighted by molar-refractivity contribution is -0.112. The van der Waals surface area contributed by atoms with Gasteiger partial charge in [-0.1, -0.05) is 6.07 Å². The maximum absolute atomic E-state index is 12.1. The Balaban J connectivity index is 2.25. The van der Waals surface area contributed by atoms with Crippen molar-refractivity contribution in [1.82, 2.24) is 4.98 Å². The van der Waals surface area contributed by atoms with Crippen LogP contribution < -0.4 is 14.8 Å². The lowest BCUT2D eigenvalue weighted by atomic mass is 10.1. The van der Waals surface area contributed by atoms with Crippen LogP contribution in [0.4, 0.5) is 5.13 Å². The fourth-order valence-corrected chi connectivity index (χ4v) is 2.34. The van der Waals surface area contributed by atoms with Crippen molar-refractivity contribution in [3.8, 4) is 17.6 Å². The molecule has 0 unspecified atom stereocenters. The predicted molar refractivity (Wildman–Crippen MR) is 88.5 cm³/mol. The van der Waals surface area contributed by atoms with E-state index in [1.165, 1.54) is 17.4 Å². The fourth-order valence-electron chi connectivity index (χ4n) is 1.82. The van der Waals surface area contributed by atoms with Crippen molar-refractivity contribution in [2.45, 2.75) is 6.92 Å². The number of carbonyl (C=O) groups excluding carboxylic acids is 1. The molecule has 1 aromatic carbocycles. The Morgan fingerprint density at radius 3 is 2.91 bits per heavy atom. The van der Waals surface area contributed by atoms with Crippen molar-refractivity contribution in [1.29, 1.82) is 5.26 Å². The Labute approximate surface area is 138 Å². The molecule has 0 fully saturated rings. The summed E-state index contributed by atoms with van der Waals surface area (Å²) in [6, 6.07) is 7.09. The van der Waals surface area contributed by atoms with Crippen LogP contribution >= 0.6 is 11.3 Å². The quantitative estimate of drug-likeness (QED) is 0.650. The maximum Gasteiger partial charge on any atom is 0.268 e. The van der Waals surface area contributed by atoms with Crippen molar-refractivity contribution in [3.63, 3.8) is 0 Å². The van der Waals surface area contributed by atoms with Gasteiger partial charge in [0.25, 0.3) is 5.91 Å². The Bertz CT molecular complexity index is 748. The van der Waals surface area contributed by atoms with Gasteiger partial charge in [-0.05, 0) is 30.7 Å². The SMILES string of the molecule is CCOc1cc(/C=C(/C#N)C(=O)Nc2nccs2)ccc1OC. The van der Waals surface area contributed by atoms with Gasteiger partial charge < -0.3 is 9.47 Å². The van der Waals surface area contributed by atoms with E-state index in [1.807, 2.05) is 13.0 Å². The summed E-state index contributed by atoms with van der Waals surface area (Å²) in [5.74, 6) is 0.646. The molecule has 0 spiro atoms. The first kappa shape index (κ1) is 16.5. The number of anilines is 1. The zero-order chi connectivity index (χ0) is 16.7. The van der Waals surface area contributed by atoms with Gasteiger partial charge in [-0.25, -0.2) is 4.98 Å². The van der Waals surface area contributed by atoms with E-state index in [0.717, 1.165) is 0 Å². The zero-order valence-corrected chi connectivity index (χ0v) is 13.5. The molecular weight excluding hydrogens is 314 g/mol. The number of hydrogen-bond acceptors (Lipinski definition) is 6. The Hall–Kier alpha value is -2.85. The number of methoxy groups -OCH3 is 1. The second-order valence-corrected chi connectivity index (χ2v) is 5.20. The molecule has 2 aromatic rings. The van der Waals surface area contributed by atoms with Crippen LogP contribution in [0.15, 0.2) is 35.3 Å². The monoisotopic (exact) mass is 329 g/mol. The van der Waals surface area contributed by atoms with Gasteiger partial charge in [-0.3, -0.25) is 10.1 Å². The van der Waals surface area contributed by atoms with Crippen molar-refractivity contribution >= 4 is 28.5 Å². The summed E-state index contributed by atoms with van der Waals surface area (Å²) < 4.78 is 10.7. The molecule has 0 aliphatic heterocycles. The number of nitriles is 1. The third kappa shape index (κ3) is 4.31. The number of nitrogens with one attached hydrogen (secondary N) is 1. The van der Waals surface area contributed by atoms with Gasteiger partial charge in [0, 0.05) is 11.6 Å². The number of carbonyl (C=O) groups is 1. The number of amides is 1. The second kappa shape index (κ2) is 7.96. The minimum absolute atomic E-state index is 0.0205. The van der Waals surface area contributed by atoms with Gasteiger partial charge in [-0.2, -0.15) is 5.26 Å². The van der Waals surface area contributed by atoms with Gasteiger partial charge in [0.1, 0.15) is 11.6 Å².